The molecule has 2 nitrogen and oxygen atoms in total. The molecule has 1 fully saturated rings. The minimum atomic E-state index is -0.0337. The highest BCUT2D eigenvalue weighted by molar-refractivity contribution is 7.80. The molecule has 1 aliphatic rings. The number of anilines is 1. The Morgan fingerprint density at radius 1 is 0.958 bits per heavy atom. The summed E-state index contributed by atoms with van der Waals surface area (Å²) in [5.74, 6) is 0. The van der Waals surface area contributed by atoms with Gasteiger partial charge >= 0.3 is 0 Å². The molecule has 0 unspecified atom stereocenters. The van der Waals surface area contributed by atoms with E-state index in [1.54, 1.807) is 0 Å². The zero-order valence-corrected chi connectivity index (χ0v) is 15.6. The molecule has 1 saturated carbocycles. The summed E-state index contributed by atoms with van der Waals surface area (Å²) in [6.07, 6.45) is 4.75. The quantitative estimate of drug-likeness (QED) is 0.736. The number of aryl methyl sites for hydroxylation is 3. The van der Waals surface area contributed by atoms with Crippen LogP contribution >= 0.6 is 12.2 Å². The molecule has 0 radical (unpaired) electrons. The van der Waals surface area contributed by atoms with Gasteiger partial charge in [-0.1, -0.05) is 54.8 Å². The summed E-state index contributed by atoms with van der Waals surface area (Å²) in [6, 6.07) is 15.1. The van der Waals surface area contributed by atoms with Crippen LogP contribution in [0.15, 0.2) is 42.5 Å². The number of rotatable bonds is 3. The van der Waals surface area contributed by atoms with E-state index < -0.39 is 0 Å². The molecule has 0 aromatic heterocycles. The average Bonchev–Trinajstić information content (AvgIpc) is 3.00. The monoisotopic (exact) mass is 338 g/mol. The van der Waals surface area contributed by atoms with Gasteiger partial charge in [0.15, 0.2) is 5.11 Å². The molecule has 0 saturated heterocycles. The Morgan fingerprint density at radius 3 is 2.33 bits per heavy atom. The zero-order chi connectivity index (χ0) is 17.2. The average molecular weight is 339 g/mol. The fourth-order valence-corrected chi connectivity index (χ4v) is 4.18. The molecule has 2 aromatic rings. The maximum Gasteiger partial charge on any atom is 0.171 e. The van der Waals surface area contributed by atoms with Crippen molar-refractivity contribution in [3.8, 4) is 0 Å². The van der Waals surface area contributed by atoms with Gasteiger partial charge in [0.05, 0.1) is 5.54 Å². The Balaban J connectivity index is 1.81. The number of benzene rings is 2. The molecule has 0 heterocycles. The molecule has 2 N–H and O–H groups in total. The second-order valence-electron chi connectivity index (χ2n) is 7.00. The molecule has 2 aromatic carbocycles. The smallest absolute Gasteiger partial charge is 0.171 e. The molecule has 0 amide bonds. The van der Waals surface area contributed by atoms with Crippen molar-refractivity contribution in [1.29, 1.82) is 0 Å². The van der Waals surface area contributed by atoms with E-state index in [0.717, 1.165) is 18.5 Å². The third kappa shape index (κ3) is 3.46. The van der Waals surface area contributed by atoms with Crippen LogP contribution in [-0.4, -0.2) is 5.11 Å². The maximum atomic E-state index is 5.66. The zero-order valence-electron chi connectivity index (χ0n) is 14.8. The highest BCUT2D eigenvalue weighted by Gasteiger charge is 2.37. The van der Waals surface area contributed by atoms with E-state index in [0.29, 0.717) is 5.11 Å². The molecule has 0 aliphatic heterocycles. The van der Waals surface area contributed by atoms with Crippen molar-refractivity contribution in [1.82, 2.24) is 5.32 Å². The first-order chi connectivity index (χ1) is 11.5. The Bertz CT molecular complexity index is 745. The molecule has 24 heavy (non-hydrogen) atoms. The number of nitrogens with one attached hydrogen (secondary N) is 2. The van der Waals surface area contributed by atoms with Crippen molar-refractivity contribution in [3.63, 3.8) is 0 Å². The summed E-state index contributed by atoms with van der Waals surface area (Å²) in [7, 11) is 0. The van der Waals surface area contributed by atoms with Gasteiger partial charge < -0.3 is 10.6 Å². The predicted octanol–water partition coefficient (Wildman–Crippen LogP) is 5.37. The van der Waals surface area contributed by atoms with E-state index in [1.807, 2.05) is 0 Å². The van der Waals surface area contributed by atoms with Gasteiger partial charge in [0.25, 0.3) is 0 Å². The largest absolute Gasteiger partial charge is 0.353 e. The van der Waals surface area contributed by atoms with Crippen LogP contribution < -0.4 is 10.6 Å². The van der Waals surface area contributed by atoms with Crippen LogP contribution in [0.3, 0.4) is 0 Å². The van der Waals surface area contributed by atoms with Gasteiger partial charge in [-0.3, -0.25) is 0 Å². The lowest BCUT2D eigenvalue weighted by atomic mass is 9.85. The lowest BCUT2D eigenvalue weighted by Crippen LogP contribution is -2.46. The maximum absolute atomic E-state index is 5.66. The van der Waals surface area contributed by atoms with Gasteiger partial charge in [-0.15, -0.1) is 0 Å². The number of thiocarbonyl (C=S) groups is 1. The molecule has 3 rings (SSSR count). The van der Waals surface area contributed by atoms with Crippen molar-refractivity contribution < 1.29 is 0 Å². The summed E-state index contributed by atoms with van der Waals surface area (Å²) >= 11 is 5.66. The van der Waals surface area contributed by atoms with E-state index in [4.69, 9.17) is 12.2 Å². The Kier molecular flexibility index (Phi) is 4.91. The molecule has 1 aliphatic carbocycles. The highest BCUT2D eigenvalue weighted by Crippen LogP contribution is 2.40. The first-order valence-corrected chi connectivity index (χ1v) is 9.13. The summed E-state index contributed by atoms with van der Waals surface area (Å²) in [4.78, 5) is 0. The van der Waals surface area contributed by atoms with Crippen molar-refractivity contribution in [3.05, 3.63) is 64.7 Å². The summed E-state index contributed by atoms with van der Waals surface area (Å²) in [6.45, 7) is 6.42. The lowest BCUT2D eigenvalue weighted by Gasteiger charge is -2.34. The lowest BCUT2D eigenvalue weighted by molar-refractivity contribution is 0.406. The van der Waals surface area contributed by atoms with Crippen LogP contribution in [0, 0.1) is 20.8 Å². The normalized spacial score (nSPS) is 16.0. The molecule has 3 heteroatoms. The van der Waals surface area contributed by atoms with Crippen LogP contribution in [0.2, 0.25) is 0 Å². The third-order valence-corrected chi connectivity index (χ3v) is 5.30. The summed E-state index contributed by atoms with van der Waals surface area (Å²) < 4.78 is 0. The Morgan fingerprint density at radius 2 is 1.67 bits per heavy atom. The molecular formula is C21H26N2S. The van der Waals surface area contributed by atoms with E-state index in [9.17, 15) is 0 Å². The molecular weight excluding hydrogens is 312 g/mol. The van der Waals surface area contributed by atoms with Crippen molar-refractivity contribution in [2.45, 2.75) is 52.0 Å². The Hall–Kier alpha value is -1.87. The van der Waals surface area contributed by atoms with Gasteiger partial charge in [-0.2, -0.15) is 0 Å². The SMILES string of the molecule is Cc1ccc(NC(=S)NC2(c3ccccc3C)CCCC2)c(C)c1. The predicted molar refractivity (Wildman–Crippen MR) is 107 cm³/mol. The first kappa shape index (κ1) is 17.0. The third-order valence-electron chi connectivity index (χ3n) is 5.10. The van der Waals surface area contributed by atoms with Gasteiger partial charge in [0.2, 0.25) is 0 Å². The van der Waals surface area contributed by atoms with Crippen molar-refractivity contribution >= 4 is 23.0 Å². The van der Waals surface area contributed by atoms with Crippen LogP contribution in [0.4, 0.5) is 5.69 Å². The van der Waals surface area contributed by atoms with E-state index in [2.05, 4.69) is 73.9 Å². The fourth-order valence-electron chi connectivity index (χ4n) is 3.87. The fraction of sp³-hybridized carbons (Fsp3) is 0.381. The Labute approximate surface area is 150 Å². The summed E-state index contributed by atoms with van der Waals surface area (Å²) in [5.41, 5.74) is 6.25. The second kappa shape index (κ2) is 6.94. The van der Waals surface area contributed by atoms with Crippen molar-refractivity contribution in [2.75, 3.05) is 5.32 Å². The van der Waals surface area contributed by atoms with Crippen LogP contribution in [0.25, 0.3) is 0 Å². The highest BCUT2D eigenvalue weighted by atomic mass is 32.1. The number of hydrogen-bond donors (Lipinski definition) is 2. The van der Waals surface area contributed by atoms with Gasteiger partial charge in [-0.05, 0) is 68.6 Å². The number of hydrogen-bond acceptors (Lipinski definition) is 1. The van der Waals surface area contributed by atoms with E-state index in [1.165, 1.54) is 35.1 Å². The minimum Gasteiger partial charge on any atom is -0.353 e. The van der Waals surface area contributed by atoms with Gasteiger partial charge in [-0.25, -0.2) is 0 Å². The van der Waals surface area contributed by atoms with Crippen LogP contribution in [0.1, 0.15) is 47.9 Å². The first-order valence-electron chi connectivity index (χ1n) is 8.73. The van der Waals surface area contributed by atoms with Crippen LogP contribution in [-0.2, 0) is 5.54 Å². The summed E-state index contributed by atoms with van der Waals surface area (Å²) in [5, 5.41) is 7.77. The van der Waals surface area contributed by atoms with E-state index in [-0.39, 0.29) is 5.54 Å². The van der Waals surface area contributed by atoms with E-state index >= 15 is 0 Å². The topological polar surface area (TPSA) is 24.1 Å². The van der Waals surface area contributed by atoms with Gasteiger partial charge in [0.1, 0.15) is 0 Å². The molecule has 126 valence electrons. The standard InChI is InChI=1S/C21H26N2S/c1-15-10-11-19(17(3)14-15)22-20(24)23-21(12-6-7-13-21)18-9-5-4-8-16(18)2/h4-5,8-11,14H,6-7,12-13H2,1-3H3,(H2,22,23,24). The minimum absolute atomic E-state index is 0.0337. The molecule has 0 spiro atoms. The van der Waals surface area contributed by atoms with Crippen molar-refractivity contribution in [2.24, 2.45) is 0 Å². The second-order valence-corrected chi connectivity index (χ2v) is 7.41. The molecule has 0 atom stereocenters. The van der Waals surface area contributed by atoms with Crippen LogP contribution in [0.5, 0.6) is 0 Å². The van der Waals surface area contributed by atoms with Gasteiger partial charge in [0, 0.05) is 5.69 Å². The molecule has 0 bridgehead atoms.